The zero-order valence-electron chi connectivity index (χ0n) is 19.7. The number of pyridine rings is 1. The molecule has 2 aliphatic rings. The Labute approximate surface area is 215 Å². The Bertz CT molecular complexity index is 1550. The molecule has 4 aromatic rings. The van der Waals surface area contributed by atoms with E-state index in [-0.39, 0.29) is 29.8 Å². The second kappa shape index (κ2) is 8.16. The molecule has 2 amide bonds. The number of amides is 2. The molecular weight excluding hydrogens is 526 g/mol. The fraction of sp³-hybridized carbons (Fsp3) is 0.320. The molecule has 11 heteroatoms. The first-order valence-electron chi connectivity index (χ1n) is 11.6. The van der Waals surface area contributed by atoms with Crippen molar-refractivity contribution in [1.82, 2.24) is 24.4 Å². The van der Waals surface area contributed by atoms with Gasteiger partial charge in [-0.3, -0.25) is 9.59 Å². The number of nitrogens with one attached hydrogen (secondary N) is 1. The van der Waals surface area contributed by atoms with Gasteiger partial charge in [-0.25, -0.2) is 15.0 Å². The van der Waals surface area contributed by atoms with Crippen LogP contribution in [0, 0.1) is 5.41 Å². The third-order valence-corrected chi connectivity index (χ3v) is 7.80. The zero-order chi connectivity index (χ0) is 25.2. The molecule has 3 aromatic heterocycles. The molecule has 0 unspecified atom stereocenters. The highest BCUT2D eigenvalue weighted by molar-refractivity contribution is 9.10. The minimum Gasteiger partial charge on any atom is -0.497 e. The predicted octanol–water partition coefficient (Wildman–Crippen LogP) is 3.35. The molecule has 0 spiro atoms. The van der Waals surface area contributed by atoms with Gasteiger partial charge in [-0.1, -0.05) is 13.0 Å². The van der Waals surface area contributed by atoms with Gasteiger partial charge in [0.05, 0.1) is 18.0 Å². The van der Waals surface area contributed by atoms with Gasteiger partial charge >= 0.3 is 0 Å². The van der Waals surface area contributed by atoms with Crippen LogP contribution < -0.4 is 15.8 Å². The van der Waals surface area contributed by atoms with Crippen LogP contribution in [0.5, 0.6) is 5.75 Å². The summed E-state index contributed by atoms with van der Waals surface area (Å²) in [6.45, 7) is 2.14. The molecule has 3 atom stereocenters. The number of anilines is 2. The molecule has 0 bridgehead atoms. The molecule has 10 nitrogen and oxygen atoms in total. The van der Waals surface area contributed by atoms with Gasteiger partial charge in [0.2, 0.25) is 11.8 Å². The van der Waals surface area contributed by atoms with Crippen LogP contribution in [-0.4, -0.2) is 55.4 Å². The lowest BCUT2D eigenvalue weighted by Crippen LogP contribution is -2.46. The average Bonchev–Trinajstić information content (AvgIpc) is 3.26. The lowest BCUT2D eigenvalue weighted by Gasteiger charge is -2.27. The summed E-state index contributed by atoms with van der Waals surface area (Å²) in [5.41, 5.74) is 7.47. The first kappa shape index (κ1) is 22.7. The molecule has 184 valence electrons. The number of carbonyl (C=O) groups is 2. The first-order chi connectivity index (χ1) is 17.3. The Morgan fingerprint density at radius 3 is 2.86 bits per heavy atom. The first-order valence-corrected chi connectivity index (χ1v) is 12.4. The average molecular weight is 550 g/mol. The zero-order valence-corrected chi connectivity index (χ0v) is 21.3. The van der Waals surface area contributed by atoms with E-state index in [0.717, 1.165) is 17.3 Å². The van der Waals surface area contributed by atoms with E-state index in [1.807, 2.05) is 22.8 Å². The van der Waals surface area contributed by atoms with Crippen LogP contribution in [0.1, 0.15) is 19.8 Å². The Morgan fingerprint density at radius 2 is 2.08 bits per heavy atom. The van der Waals surface area contributed by atoms with Crippen LogP contribution in [0.3, 0.4) is 0 Å². The van der Waals surface area contributed by atoms with E-state index in [2.05, 4.69) is 43.1 Å². The van der Waals surface area contributed by atoms with E-state index in [9.17, 15) is 9.59 Å². The van der Waals surface area contributed by atoms with Crippen LogP contribution in [0.15, 0.2) is 47.3 Å². The van der Waals surface area contributed by atoms with Gasteiger partial charge in [0.1, 0.15) is 46.5 Å². The van der Waals surface area contributed by atoms with Gasteiger partial charge in [-0.2, -0.15) is 0 Å². The number of methoxy groups -OCH3 is 1. The monoisotopic (exact) mass is 549 g/mol. The van der Waals surface area contributed by atoms with Crippen molar-refractivity contribution < 1.29 is 14.3 Å². The highest BCUT2D eigenvalue weighted by Crippen LogP contribution is 2.59. The normalized spacial score (nSPS) is 22.6. The molecule has 0 radical (unpaired) electrons. The largest absolute Gasteiger partial charge is 0.497 e. The summed E-state index contributed by atoms with van der Waals surface area (Å²) in [6.07, 6.45) is 2.89. The van der Waals surface area contributed by atoms with Crippen LogP contribution in [0.2, 0.25) is 0 Å². The van der Waals surface area contributed by atoms with Crippen molar-refractivity contribution in [2.75, 3.05) is 18.2 Å². The number of piperidine rings is 1. The highest BCUT2D eigenvalue weighted by atomic mass is 79.9. The summed E-state index contributed by atoms with van der Waals surface area (Å²) in [5, 5.41) is 4.40. The van der Waals surface area contributed by atoms with Crippen LogP contribution in [-0.2, 0) is 16.1 Å². The minimum absolute atomic E-state index is 0.00904. The van der Waals surface area contributed by atoms with Crippen molar-refractivity contribution in [2.24, 2.45) is 5.41 Å². The molecular formula is C25H24BrN7O3. The number of nitrogens with two attached hydrogens (primary N) is 1. The summed E-state index contributed by atoms with van der Waals surface area (Å²) in [7, 11) is 1.59. The highest BCUT2D eigenvalue weighted by Gasteiger charge is 2.64. The number of benzene rings is 1. The number of nitrogens with zero attached hydrogens (tertiary/aromatic N) is 5. The molecule has 3 N–H and O–H groups in total. The summed E-state index contributed by atoms with van der Waals surface area (Å²) in [6, 6.07) is 10.4. The topological polar surface area (TPSA) is 128 Å². The molecule has 1 saturated carbocycles. The number of hydrogen-bond acceptors (Lipinski definition) is 7. The Kier molecular flexibility index (Phi) is 5.15. The summed E-state index contributed by atoms with van der Waals surface area (Å²) in [5.74, 6) is 1.05. The maximum Gasteiger partial charge on any atom is 0.248 e. The van der Waals surface area contributed by atoms with E-state index < -0.39 is 6.04 Å². The quantitative estimate of drug-likeness (QED) is 0.365. The predicted molar refractivity (Wildman–Crippen MR) is 138 cm³/mol. The van der Waals surface area contributed by atoms with E-state index in [0.29, 0.717) is 39.4 Å². The van der Waals surface area contributed by atoms with Gasteiger partial charge in [-0.15, -0.1) is 0 Å². The van der Waals surface area contributed by atoms with Crippen molar-refractivity contribution in [3.63, 3.8) is 0 Å². The third kappa shape index (κ3) is 3.57. The van der Waals surface area contributed by atoms with E-state index in [1.165, 1.54) is 6.33 Å². The standard InChI is InChI=1S/C25H24BrN7O3/c1-25-9-16(24(35)31-19-5-3-4-18(26)30-19)33(17(25)10-25)20(34)11-32-15-8-13(36-2)6-7-14(15)21-22(27)28-12-29-23(21)32/h3-8,12,16-17H,9-11H2,1-2H3,(H2,27,28,29)(H,30,31,35)/t16-,17+,25-/m0/s1. The molecule has 36 heavy (non-hydrogen) atoms. The van der Waals surface area contributed by atoms with Crippen molar-refractivity contribution in [2.45, 2.75) is 38.4 Å². The minimum atomic E-state index is -0.579. The Morgan fingerprint density at radius 1 is 1.25 bits per heavy atom. The Balaban J connectivity index is 1.35. The fourth-order valence-electron chi connectivity index (χ4n) is 5.46. The van der Waals surface area contributed by atoms with Crippen LogP contribution in [0.4, 0.5) is 11.6 Å². The summed E-state index contributed by atoms with van der Waals surface area (Å²) in [4.78, 5) is 41.7. The number of carbonyl (C=O) groups excluding carboxylic acids is 2. The lowest BCUT2D eigenvalue weighted by molar-refractivity contribution is -0.138. The summed E-state index contributed by atoms with van der Waals surface area (Å²) < 4.78 is 7.87. The van der Waals surface area contributed by atoms with Gasteiger partial charge in [0, 0.05) is 17.5 Å². The maximum absolute atomic E-state index is 13.8. The maximum atomic E-state index is 13.8. The van der Waals surface area contributed by atoms with E-state index in [4.69, 9.17) is 10.5 Å². The van der Waals surface area contributed by atoms with E-state index in [1.54, 1.807) is 30.2 Å². The smallest absolute Gasteiger partial charge is 0.248 e. The van der Waals surface area contributed by atoms with E-state index >= 15 is 0 Å². The molecule has 6 rings (SSSR count). The number of likely N-dealkylation sites (tertiary alicyclic amines) is 1. The lowest BCUT2D eigenvalue weighted by atomic mass is 10.0. The van der Waals surface area contributed by atoms with Crippen LogP contribution in [0.25, 0.3) is 21.9 Å². The Hall–Kier alpha value is -3.73. The number of rotatable bonds is 5. The molecule has 2 fully saturated rings. The van der Waals surface area contributed by atoms with Crippen molar-refractivity contribution in [3.8, 4) is 5.75 Å². The second-order valence-corrected chi connectivity index (χ2v) is 10.5. The van der Waals surface area contributed by atoms with Crippen molar-refractivity contribution in [3.05, 3.63) is 47.3 Å². The van der Waals surface area contributed by atoms with Gasteiger partial charge in [-0.05, 0) is 58.5 Å². The molecule has 1 saturated heterocycles. The number of hydrogen-bond donors (Lipinski definition) is 2. The third-order valence-electron chi connectivity index (χ3n) is 7.36. The van der Waals surface area contributed by atoms with Crippen molar-refractivity contribution >= 4 is 61.3 Å². The number of ether oxygens (including phenoxy) is 1. The SMILES string of the molecule is COc1ccc2c3c(N)ncnc3n(CC(=O)N3[C@H](C(=O)Nc4cccc(Br)n4)C[C@@]4(C)C[C@@H]34)c2c1. The second-order valence-electron chi connectivity index (χ2n) is 9.66. The van der Waals surface area contributed by atoms with Gasteiger partial charge in [0.15, 0.2) is 0 Å². The van der Waals surface area contributed by atoms with Crippen LogP contribution >= 0.6 is 15.9 Å². The number of nitrogen functional groups attached to an aromatic ring is 1. The van der Waals surface area contributed by atoms with Crippen molar-refractivity contribution in [1.29, 1.82) is 0 Å². The summed E-state index contributed by atoms with van der Waals surface area (Å²) >= 11 is 3.33. The molecule has 1 aromatic carbocycles. The fourth-order valence-corrected chi connectivity index (χ4v) is 5.81. The molecule has 1 aliphatic carbocycles. The molecule has 1 aliphatic heterocycles. The molecule has 4 heterocycles. The number of halogens is 1. The number of aromatic nitrogens is 4. The number of fused-ring (bicyclic) bond motifs is 4. The van der Waals surface area contributed by atoms with Gasteiger partial charge < -0.3 is 25.3 Å². The van der Waals surface area contributed by atoms with Gasteiger partial charge in [0.25, 0.3) is 0 Å².